The summed E-state index contributed by atoms with van der Waals surface area (Å²) in [6.07, 6.45) is 0. The molecule has 0 N–H and O–H groups in total. The molecule has 6 rings (SSSR count). The van der Waals surface area contributed by atoms with E-state index in [9.17, 15) is 0 Å². The smallest absolute Gasteiger partial charge is 1.00 e. The van der Waals surface area contributed by atoms with Crippen molar-refractivity contribution < 1.29 is 35.6 Å². The van der Waals surface area contributed by atoms with Gasteiger partial charge in [-0.05, 0) is 0 Å². The van der Waals surface area contributed by atoms with Gasteiger partial charge in [-0.25, -0.2) is 0 Å². The molecule has 178 valence electrons. The van der Waals surface area contributed by atoms with Crippen LogP contribution in [-0.2, 0) is 26.2 Å². The first-order valence-corrected chi connectivity index (χ1v) is 13.3. The molecule has 4 heteroatoms. The van der Waals surface area contributed by atoms with Crippen molar-refractivity contribution in [2.75, 3.05) is 0 Å². The normalized spacial score (nSPS) is 9.39. The fraction of sp³-hybridized carbons (Fsp3) is 0.0625. The van der Waals surface area contributed by atoms with E-state index in [2.05, 4.69) is 134 Å². The maximum absolute atomic E-state index is 2.24. The Morgan fingerprint density at radius 3 is 1.11 bits per heavy atom. The minimum atomic E-state index is 0. The summed E-state index contributed by atoms with van der Waals surface area (Å²) in [5.74, 6) is 0. The SMILES string of the molecule is C[Si]C.[F-].[F-].[Zr+4].c1ccc(-c2cc3ccccc3[cH-]2)cc1.c1ccc(-c2cc3ccccc3[cH-]2)cc1. The van der Waals surface area contributed by atoms with Crippen LogP contribution in [0.3, 0.4) is 0 Å². The monoisotopic (exact) mass is 568 g/mol. The van der Waals surface area contributed by atoms with E-state index in [-0.39, 0.29) is 35.6 Å². The van der Waals surface area contributed by atoms with Crippen molar-refractivity contribution >= 4 is 31.1 Å². The summed E-state index contributed by atoms with van der Waals surface area (Å²) in [4.78, 5) is 0. The number of halogens is 2. The van der Waals surface area contributed by atoms with Crippen LogP contribution in [-0.4, -0.2) is 9.52 Å². The van der Waals surface area contributed by atoms with Gasteiger partial charge in [0.05, 0.1) is 0 Å². The van der Waals surface area contributed by atoms with Crippen molar-refractivity contribution in [3.63, 3.8) is 0 Å². The fourth-order valence-electron chi connectivity index (χ4n) is 3.90. The first kappa shape index (κ1) is 31.1. The van der Waals surface area contributed by atoms with Gasteiger partial charge in [0.25, 0.3) is 0 Å². The Morgan fingerprint density at radius 1 is 0.472 bits per heavy atom. The molecule has 0 unspecified atom stereocenters. The Bertz CT molecular complexity index is 1230. The third-order valence-corrected chi connectivity index (χ3v) is 5.45. The molecule has 0 bridgehead atoms. The van der Waals surface area contributed by atoms with Gasteiger partial charge >= 0.3 is 26.2 Å². The van der Waals surface area contributed by atoms with Crippen molar-refractivity contribution in [3.8, 4) is 22.3 Å². The molecule has 0 aromatic heterocycles. The van der Waals surface area contributed by atoms with Gasteiger partial charge in [0.2, 0.25) is 0 Å². The van der Waals surface area contributed by atoms with Gasteiger partial charge in [-0.1, -0.05) is 121 Å². The molecule has 0 atom stereocenters. The predicted octanol–water partition coefficient (Wildman–Crippen LogP) is 3.24. The molecule has 6 aromatic carbocycles. The van der Waals surface area contributed by atoms with Crippen LogP contribution in [0.15, 0.2) is 133 Å². The van der Waals surface area contributed by atoms with Crippen molar-refractivity contribution in [1.29, 1.82) is 0 Å². The molecule has 0 amide bonds. The van der Waals surface area contributed by atoms with Crippen LogP contribution in [0, 0.1) is 0 Å². The second kappa shape index (κ2) is 15.9. The zero-order valence-corrected chi connectivity index (χ0v) is 23.9. The molecular formula is C32H28F2SiZr. The van der Waals surface area contributed by atoms with Crippen LogP contribution in [0.25, 0.3) is 43.8 Å². The average Bonchev–Trinajstić information content (AvgIpc) is 3.51. The molecule has 0 aliphatic heterocycles. The first-order valence-electron chi connectivity index (χ1n) is 11.3. The second-order valence-corrected chi connectivity index (χ2v) is 8.98. The minimum Gasteiger partial charge on any atom is -1.00 e. The Hall–Kier alpha value is -2.94. The van der Waals surface area contributed by atoms with Crippen LogP contribution < -0.4 is 9.41 Å². The maximum atomic E-state index is 2.24. The molecule has 0 saturated carbocycles. The van der Waals surface area contributed by atoms with E-state index in [0.717, 1.165) is 9.52 Å². The topological polar surface area (TPSA) is 0 Å². The van der Waals surface area contributed by atoms with Crippen LogP contribution in [0.5, 0.6) is 0 Å². The second-order valence-electron chi connectivity index (χ2n) is 7.98. The van der Waals surface area contributed by atoms with Crippen LogP contribution in [0.2, 0.25) is 13.1 Å². The molecule has 6 aromatic rings. The van der Waals surface area contributed by atoms with Gasteiger partial charge in [0.15, 0.2) is 0 Å². The van der Waals surface area contributed by atoms with E-state index in [4.69, 9.17) is 0 Å². The Balaban J connectivity index is 0.000000302. The number of rotatable bonds is 2. The summed E-state index contributed by atoms with van der Waals surface area (Å²) < 4.78 is 0. The number of benzene rings is 4. The van der Waals surface area contributed by atoms with Gasteiger partial charge in [0, 0.05) is 9.52 Å². The molecular weight excluding hydrogens is 542 g/mol. The molecule has 0 nitrogen and oxygen atoms in total. The van der Waals surface area contributed by atoms with E-state index in [1.54, 1.807) is 0 Å². The standard InChI is InChI=1S/2C15H11.C2H6Si.2FH.Zr/c2*1-2-6-12(7-3-1)15-10-13-8-4-5-9-14(13)11-15;1-3-2;;;/h2*1-11H;1-2H3;2*1H;/q2*-1;;;;+4/p-2. The summed E-state index contributed by atoms with van der Waals surface area (Å²) in [6, 6.07) is 46.9. The summed E-state index contributed by atoms with van der Waals surface area (Å²) in [6.45, 7) is 4.31. The van der Waals surface area contributed by atoms with Gasteiger partial charge < -0.3 is 9.41 Å². The van der Waals surface area contributed by atoms with Gasteiger partial charge in [-0.15, -0.1) is 69.1 Å². The van der Waals surface area contributed by atoms with Gasteiger partial charge in [-0.2, -0.15) is 0 Å². The summed E-state index contributed by atoms with van der Waals surface area (Å²) in [5.41, 5.74) is 5.18. The van der Waals surface area contributed by atoms with E-state index >= 15 is 0 Å². The number of hydrogen-bond donors (Lipinski definition) is 0. The third kappa shape index (κ3) is 8.05. The van der Waals surface area contributed by atoms with Crippen molar-refractivity contribution in [2.45, 2.75) is 13.1 Å². The number of fused-ring (bicyclic) bond motifs is 2. The molecule has 0 heterocycles. The Kier molecular flexibility index (Phi) is 13.8. The van der Waals surface area contributed by atoms with E-state index in [0.29, 0.717) is 0 Å². The van der Waals surface area contributed by atoms with E-state index in [1.165, 1.54) is 43.8 Å². The van der Waals surface area contributed by atoms with Crippen molar-refractivity contribution in [1.82, 2.24) is 0 Å². The largest absolute Gasteiger partial charge is 4.00 e. The van der Waals surface area contributed by atoms with Crippen molar-refractivity contribution in [3.05, 3.63) is 133 Å². The van der Waals surface area contributed by atoms with E-state index < -0.39 is 0 Å². The molecule has 0 saturated heterocycles. The van der Waals surface area contributed by atoms with Crippen LogP contribution in [0.4, 0.5) is 0 Å². The first-order chi connectivity index (χ1) is 16.3. The Labute approximate surface area is 234 Å². The van der Waals surface area contributed by atoms with Crippen molar-refractivity contribution in [2.24, 2.45) is 0 Å². The third-order valence-electron chi connectivity index (χ3n) is 5.45. The Morgan fingerprint density at radius 2 is 0.778 bits per heavy atom. The maximum Gasteiger partial charge on any atom is 4.00 e. The zero-order chi connectivity index (χ0) is 22.9. The summed E-state index contributed by atoms with van der Waals surface area (Å²) in [7, 11) is 1.08. The molecule has 0 aliphatic rings. The minimum absolute atomic E-state index is 0. The van der Waals surface area contributed by atoms with Gasteiger partial charge in [-0.3, -0.25) is 0 Å². The molecule has 0 aliphatic carbocycles. The fourth-order valence-corrected chi connectivity index (χ4v) is 3.90. The van der Waals surface area contributed by atoms with E-state index in [1.807, 2.05) is 12.1 Å². The number of hydrogen-bond acceptors (Lipinski definition) is 0. The summed E-state index contributed by atoms with van der Waals surface area (Å²) in [5, 5.41) is 5.26. The van der Waals surface area contributed by atoms with Crippen LogP contribution in [0.1, 0.15) is 0 Å². The molecule has 36 heavy (non-hydrogen) atoms. The molecule has 2 radical (unpaired) electrons. The van der Waals surface area contributed by atoms with Gasteiger partial charge in [0.1, 0.15) is 0 Å². The predicted molar refractivity (Wildman–Crippen MR) is 147 cm³/mol. The quantitative estimate of drug-likeness (QED) is 0.222. The summed E-state index contributed by atoms with van der Waals surface area (Å²) >= 11 is 0. The molecule has 0 spiro atoms. The zero-order valence-electron chi connectivity index (χ0n) is 20.5. The average molecular weight is 570 g/mol. The van der Waals surface area contributed by atoms with Crippen LogP contribution >= 0.6 is 0 Å². The molecule has 0 fully saturated rings.